The highest BCUT2D eigenvalue weighted by molar-refractivity contribution is 8.15. The molecule has 0 aliphatic carbocycles. The van der Waals surface area contributed by atoms with Gasteiger partial charge in [-0.3, -0.25) is 10.1 Å². The Morgan fingerprint density at radius 3 is 2.97 bits per heavy atom. The third-order valence-corrected chi connectivity index (χ3v) is 8.39. The van der Waals surface area contributed by atoms with E-state index in [1.807, 2.05) is 46.8 Å². The average Bonchev–Trinajstić information content (AvgIpc) is 3.48. The van der Waals surface area contributed by atoms with Crippen LogP contribution in [0.1, 0.15) is 10.4 Å². The van der Waals surface area contributed by atoms with E-state index in [2.05, 4.69) is 19.7 Å². The lowest BCUT2D eigenvalue weighted by atomic mass is 10.1. The van der Waals surface area contributed by atoms with Crippen LogP contribution in [0.5, 0.6) is 0 Å². The SMILES string of the molecule is O=C(Nc1nc(-c2c[nH]c3ccccc23)cs1)c1ccc2c(c1)SC1=NS(=O)(=O)CCN12. The predicted molar refractivity (Wildman–Crippen MR) is 128 cm³/mol. The maximum absolute atomic E-state index is 12.8. The van der Waals surface area contributed by atoms with Crippen LogP contribution in [0.4, 0.5) is 10.8 Å². The van der Waals surface area contributed by atoms with Crippen LogP contribution in [0.15, 0.2) is 63.3 Å². The molecule has 2 aliphatic heterocycles. The van der Waals surface area contributed by atoms with Crippen LogP contribution in [0.3, 0.4) is 0 Å². The molecular formula is C21H15N5O3S3. The van der Waals surface area contributed by atoms with E-state index in [9.17, 15) is 13.2 Å². The second-order valence-corrected chi connectivity index (χ2v) is 11.0. The molecule has 0 spiro atoms. The molecular weight excluding hydrogens is 466 g/mol. The largest absolute Gasteiger partial charge is 0.360 e. The minimum atomic E-state index is -3.41. The number of H-pyrrole nitrogens is 1. The number of carbonyl (C=O) groups is 1. The van der Waals surface area contributed by atoms with Crippen molar-refractivity contribution >= 4 is 65.9 Å². The van der Waals surface area contributed by atoms with E-state index in [4.69, 9.17) is 0 Å². The van der Waals surface area contributed by atoms with Crippen LogP contribution in [-0.4, -0.2) is 41.8 Å². The molecule has 0 saturated carbocycles. The van der Waals surface area contributed by atoms with Gasteiger partial charge in [0.05, 0.1) is 17.1 Å². The predicted octanol–water partition coefficient (Wildman–Crippen LogP) is 4.16. The number of para-hydroxylation sites is 1. The highest BCUT2D eigenvalue weighted by Crippen LogP contribution is 2.42. The summed E-state index contributed by atoms with van der Waals surface area (Å²) in [6.45, 7) is 0.364. The molecule has 2 aromatic heterocycles. The summed E-state index contributed by atoms with van der Waals surface area (Å²) in [5, 5.41) is 6.81. The van der Waals surface area contributed by atoms with Gasteiger partial charge in [0.2, 0.25) is 0 Å². The fraction of sp³-hybridized carbons (Fsp3) is 0.0952. The fourth-order valence-electron chi connectivity index (χ4n) is 3.78. The van der Waals surface area contributed by atoms with Crippen LogP contribution in [-0.2, 0) is 10.0 Å². The third kappa shape index (κ3) is 3.29. The van der Waals surface area contributed by atoms with Gasteiger partial charge in [-0.25, -0.2) is 13.4 Å². The Balaban J connectivity index is 1.24. The number of hydrogen-bond acceptors (Lipinski definition) is 7. The summed E-state index contributed by atoms with van der Waals surface area (Å²) in [5.41, 5.74) is 4.16. The molecule has 6 rings (SSSR count). The second kappa shape index (κ2) is 7.19. The number of hydrogen-bond donors (Lipinski definition) is 2. The van der Waals surface area contributed by atoms with Gasteiger partial charge in [-0.1, -0.05) is 18.2 Å². The lowest BCUT2D eigenvalue weighted by molar-refractivity contribution is 0.102. The highest BCUT2D eigenvalue weighted by atomic mass is 32.2. The van der Waals surface area contributed by atoms with Crippen LogP contribution >= 0.6 is 23.1 Å². The third-order valence-electron chi connectivity index (χ3n) is 5.32. The van der Waals surface area contributed by atoms with Gasteiger partial charge in [0.1, 0.15) is 0 Å². The molecule has 2 N–H and O–H groups in total. The van der Waals surface area contributed by atoms with Crippen LogP contribution in [0.2, 0.25) is 0 Å². The minimum Gasteiger partial charge on any atom is -0.360 e. The van der Waals surface area contributed by atoms with E-state index in [0.29, 0.717) is 22.4 Å². The van der Waals surface area contributed by atoms with Crippen LogP contribution in [0.25, 0.3) is 22.2 Å². The van der Waals surface area contributed by atoms with Crippen molar-refractivity contribution in [3.05, 3.63) is 59.6 Å². The van der Waals surface area contributed by atoms with Crippen LogP contribution < -0.4 is 10.2 Å². The number of amides is 1. The molecule has 4 heterocycles. The Kier molecular flexibility index (Phi) is 4.39. The van der Waals surface area contributed by atoms with Crippen LogP contribution in [0, 0.1) is 0 Å². The van der Waals surface area contributed by atoms with E-state index in [-0.39, 0.29) is 11.7 Å². The number of sulfonamides is 1. The first kappa shape index (κ1) is 19.5. The maximum atomic E-state index is 12.8. The van der Waals surface area contributed by atoms with Crippen molar-refractivity contribution in [1.82, 2.24) is 9.97 Å². The van der Waals surface area contributed by atoms with Crippen molar-refractivity contribution < 1.29 is 13.2 Å². The molecule has 8 nitrogen and oxygen atoms in total. The van der Waals surface area contributed by atoms with Crippen molar-refractivity contribution in [3.8, 4) is 11.3 Å². The number of benzene rings is 2. The standard InChI is InChI=1S/C21H15N5O3S3/c27-19(12-5-6-17-18(9-12)31-21-25-32(28,29)8-7-26(17)21)24-20-23-16(11-30-20)14-10-22-15-4-2-1-3-13(14)15/h1-6,9-11,22H,7-8H2,(H,23,24,27). The van der Waals surface area contributed by atoms with Gasteiger partial charge in [0, 0.05) is 45.0 Å². The molecule has 2 aromatic carbocycles. The van der Waals surface area contributed by atoms with E-state index in [1.165, 1.54) is 23.1 Å². The summed E-state index contributed by atoms with van der Waals surface area (Å²) in [6, 6.07) is 13.3. The molecule has 0 fully saturated rings. The topological polar surface area (TPSA) is 108 Å². The number of nitrogens with zero attached hydrogens (tertiary/aromatic N) is 3. The van der Waals surface area contributed by atoms with E-state index >= 15 is 0 Å². The first-order valence-electron chi connectivity index (χ1n) is 9.72. The minimum absolute atomic E-state index is 0.0124. The lowest BCUT2D eigenvalue weighted by Crippen LogP contribution is -2.35. The molecule has 32 heavy (non-hydrogen) atoms. The zero-order valence-electron chi connectivity index (χ0n) is 16.4. The summed E-state index contributed by atoms with van der Waals surface area (Å²) in [4.78, 5) is 23.3. The second-order valence-electron chi connectivity index (χ2n) is 7.34. The smallest absolute Gasteiger partial charge is 0.257 e. The Hall–Kier alpha value is -3.15. The van der Waals surface area contributed by atoms with E-state index in [1.54, 1.807) is 12.1 Å². The molecule has 0 radical (unpaired) electrons. The van der Waals surface area contributed by atoms with E-state index in [0.717, 1.165) is 32.7 Å². The Morgan fingerprint density at radius 2 is 2.06 bits per heavy atom. The van der Waals surface area contributed by atoms with Crippen molar-refractivity contribution in [2.75, 3.05) is 22.5 Å². The highest BCUT2D eigenvalue weighted by Gasteiger charge is 2.33. The van der Waals surface area contributed by atoms with Gasteiger partial charge >= 0.3 is 0 Å². The Morgan fingerprint density at radius 1 is 1.19 bits per heavy atom. The summed E-state index contributed by atoms with van der Waals surface area (Å²) in [7, 11) is -3.41. The number of rotatable bonds is 3. The molecule has 0 saturated heterocycles. The number of aromatic nitrogens is 2. The summed E-state index contributed by atoms with van der Waals surface area (Å²) in [6.07, 6.45) is 1.92. The zero-order chi connectivity index (χ0) is 21.9. The average molecular weight is 482 g/mol. The summed E-state index contributed by atoms with van der Waals surface area (Å²) >= 11 is 2.63. The van der Waals surface area contributed by atoms with Gasteiger partial charge in [-0.15, -0.1) is 15.7 Å². The molecule has 0 atom stereocenters. The number of thioether (sulfide) groups is 1. The van der Waals surface area contributed by atoms with Gasteiger partial charge in [0.25, 0.3) is 15.9 Å². The molecule has 0 bridgehead atoms. The normalized spacial score (nSPS) is 16.5. The molecule has 1 amide bonds. The fourth-order valence-corrected chi connectivity index (χ4v) is 6.78. The number of amidine groups is 1. The Bertz CT molecular complexity index is 1540. The first-order chi connectivity index (χ1) is 15.5. The van der Waals surface area contributed by atoms with Gasteiger partial charge in [0.15, 0.2) is 10.3 Å². The van der Waals surface area contributed by atoms with Crippen molar-refractivity contribution in [3.63, 3.8) is 0 Å². The van der Waals surface area contributed by atoms with E-state index < -0.39 is 10.0 Å². The maximum Gasteiger partial charge on any atom is 0.257 e. The van der Waals surface area contributed by atoms with Gasteiger partial charge in [-0.05, 0) is 36.0 Å². The van der Waals surface area contributed by atoms with Gasteiger partial charge < -0.3 is 9.88 Å². The molecule has 11 heteroatoms. The summed E-state index contributed by atoms with van der Waals surface area (Å²) in [5.74, 6) is -0.283. The first-order valence-corrected chi connectivity index (χ1v) is 13.0. The number of thiazole rings is 1. The summed E-state index contributed by atoms with van der Waals surface area (Å²) < 4.78 is 27.4. The molecule has 0 unspecified atom stereocenters. The lowest BCUT2D eigenvalue weighted by Gasteiger charge is -2.22. The number of carbonyl (C=O) groups excluding carboxylic acids is 1. The van der Waals surface area contributed by atoms with Crippen molar-refractivity contribution in [2.24, 2.45) is 4.40 Å². The monoisotopic (exact) mass is 481 g/mol. The number of fused-ring (bicyclic) bond motifs is 4. The number of aromatic amines is 1. The molecule has 2 aliphatic rings. The Labute approximate surface area is 191 Å². The number of anilines is 2. The number of nitrogens with one attached hydrogen (secondary N) is 2. The molecule has 4 aromatic rings. The molecule has 160 valence electrons. The van der Waals surface area contributed by atoms with Gasteiger partial charge in [-0.2, -0.15) is 0 Å². The van der Waals surface area contributed by atoms with Crippen molar-refractivity contribution in [2.45, 2.75) is 4.90 Å². The quantitative estimate of drug-likeness (QED) is 0.455. The zero-order valence-corrected chi connectivity index (χ0v) is 18.9. The van der Waals surface area contributed by atoms with Crippen molar-refractivity contribution in [1.29, 1.82) is 0 Å².